The van der Waals surface area contributed by atoms with Gasteiger partial charge < -0.3 is 38.9 Å². The van der Waals surface area contributed by atoms with Crippen LogP contribution in [-0.4, -0.2) is 40.3 Å². The summed E-state index contributed by atoms with van der Waals surface area (Å²) in [6.07, 6.45) is 0. The minimum absolute atomic E-state index is 0.0801. The van der Waals surface area contributed by atoms with Gasteiger partial charge in [-0.25, -0.2) is 0 Å². The molecular weight excluding hydrogens is 1450 g/mol. The fourth-order valence-corrected chi connectivity index (χ4v) is 15.1. The first kappa shape index (κ1) is 76.5. The summed E-state index contributed by atoms with van der Waals surface area (Å²) in [5.74, 6) is 1.70. The third-order valence-electron chi connectivity index (χ3n) is 21.6. The van der Waals surface area contributed by atoms with Crippen molar-refractivity contribution < 1.29 is 14.4 Å². The lowest BCUT2D eigenvalue weighted by Gasteiger charge is -2.28. The van der Waals surface area contributed by atoms with Crippen LogP contribution >= 0.6 is 0 Å². The zero-order chi connectivity index (χ0) is 80.7. The fourth-order valence-electron chi connectivity index (χ4n) is 15.1. The Morgan fingerprint density at radius 2 is 0.458 bits per heavy atom. The zero-order valence-corrected chi connectivity index (χ0v) is 66.3. The van der Waals surface area contributed by atoms with Crippen molar-refractivity contribution in [3.8, 4) is 44.9 Å². The molecule has 574 valence electrons. The van der Waals surface area contributed by atoms with Crippen molar-refractivity contribution in [3.05, 3.63) is 447 Å². The summed E-state index contributed by atoms with van der Waals surface area (Å²) in [7, 11) is 9.51. The van der Waals surface area contributed by atoms with Crippen LogP contribution in [0.5, 0.6) is 11.5 Å². The molecular formula is C107H87N7O4. The predicted molar refractivity (Wildman–Crippen MR) is 495 cm³/mol. The van der Waals surface area contributed by atoms with Gasteiger partial charge in [0.15, 0.2) is 0 Å². The molecule has 0 saturated heterocycles. The van der Waals surface area contributed by atoms with Gasteiger partial charge in [0.05, 0.1) is 36.2 Å². The van der Waals surface area contributed by atoms with Crippen LogP contribution in [0, 0.1) is 10.1 Å². The molecule has 0 aliphatic rings. The average molecular weight is 1530 g/mol. The Morgan fingerprint density at radius 1 is 0.220 bits per heavy atom. The van der Waals surface area contributed by atoms with Crippen molar-refractivity contribution in [1.82, 2.24) is 0 Å². The standard InChI is InChI=1S/2C36H30N2O.C35H27N3O2/c1-37(33-14-9-15-34(26-33)39-2)30-22-24-32(25-23-30)38(36-17-8-13-29-12-6-7-16-35(29)36)31-20-18-28(19-21-31)27-10-4-3-5-11-27;1-37(31-23-25-34(39-2)26-24-31)30-19-21-33(22-20-30)38(36-14-8-12-29-11-6-7-13-35(29)36)32-17-15-28(16-18-32)27-9-4-3-5-10-27;1-36(30-20-24-33(25-21-30)38(39)40)29-18-22-32(23-19-29)37(35-13-7-11-28-10-5-6-12-34(28)35)31-16-14-27(15-17-31)26-8-3-2-4-9-26/h2*3-26H,1-2H3;2-25H,1H3. The summed E-state index contributed by atoms with van der Waals surface area (Å²) in [6.45, 7) is 0. The van der Waals surface area contributed by atoms with Gasteiger partial charge in [-0.05, 0) is 225 Å². The summed E-state index contributed by atoms with van der Waals surface area (Å²) < 4.78 is 10.7. The zero-order valence-electron chi connectivity index (χ0n) is 66.3. The van der Waals surface area contributed by atoms with Crippen LogP contribution in [0.3, 0.4) is 0 Å². The van der Waals surface area contributed by atoms with E-state index >= 15 is 0 Å². The number of benzene rings is 18. The molecule has 0 spiro atoms. The van der Waals surface area contributed by atoms with Gasteiger partial charge in [-0.1, -0.05) is 243 Å². The number of rotatable bonds is 21. The van der Waals surface area contributed by atoms with Gasteiger partial charge in [0.1, 0.15) is 11.5 Å². The summed E-state index contributed by atoms with van der Waals surface area (Å²) in [4.78, 5) is 24.0. The lowest BCUT2D eigenvalue weighted by atomic mass is 10.0. The lowest BCUT2D eigenvalue weighted by molar-refractivity contribution is -0.384. The highest BCUT2D eigenvalue weighted by Crippen LogP contribution is 2.45. The molecule has 18 aromatic rings. The normalized spacial score (nSPS) is 10.8. The number of non-ortho nitro benzene ring substituents is 1. The Bertz CT molecular complexity index is 6370. The van der Waals surface area contributed by atoms with Gasteiger partial charge in [0, 0.05) is 124 Å². The minimum atomic E-state index is -0.382. The summed E-state index contributed by atoms with van der Waals surface area (Å²) in [5.41, 5.74) is 23.4. The third kappa shape index (κ3) is 17.1. The summed E-state index contributed by atoms with van der Waals surface area (Å²) >= 11 is 0. The summed E-state index contributed by atoms with van der Waals surface area (Å²) in [6, 6.07) is 151. The Balaban J connectivity index is 0.000000132. The largest absolute Gasteiger partial charge is 0.497 e. The van der Waals surface area contributed by atoms with Gasteiger partial charge >= 0.3 is 0 Å². The van der Waals surface area contributed by atoms with Crippen LogP contribution in [0.2, 0.25) is 0 Å². The predicted octanol–water partition coefficient (Wildman–Crippen LogP) is 29.2. The van der Waals surface area contributed by atoms with Crippen LogP contribution in [0.1, 0.15) is 0 Å². The van der Waals surface area contributed by atoms with Gasteiger partial charge in [-0.2, -0.15) is 0 Å². The molecule has 118 heavy (non-hydrogen) atoms. The highest BCUT2D eigenvalue weighted by Gasteiger charge is 2.22. The van der Waals surface area contributed by atoms with Crippen molar-refractivity contribution >= 4 is 123 Å². The van der Waals surface area contributed by atoms with Crippen molar-refractivity contribution in [1.29, 1.82) is 0 Å². The molecule has 0 N–H and O–H groups in total. The second kappa shape index (κ2) is 35.7. The smallest absolute Gasteiger partial charge is 0.269 e. The quantitative estimate of drug-likeness (QED) is 0.0513. The maximum atomic E-state index is 11.0. The highest BCUT2D eigenvalue weighted by atomic mass is 16.6. The maximum Gasteiger partial charge on any atom is 0.269 e. The molecule has 0 aliphatic heterocycles. The number of ether oxygens (including phenoxy) is 2. The lowest BCUT2D eigenvalue weighted by Crippen LogP contribution is -2.12. The second-order valence-corrected chi connectivity index (χ2v) is 28.6. The Labute approximate surface area is 690 Å². The molecule has 0 fully saturated rings. The average Bonchev–Trinajstić information content (AvgIpc) is 0.783. The second-order valence-electron chi connectivity index (χ2n) is 28.6. The fraction of sp³-hybridized carbons (Fsp3) is 0.0467. The maximum absolute atomic E-state index is 11.0. The topological polar surface area (TPSA) is 81.0 Å². The SMILES string of the molecule is CN(c1ccc(N(c2ccc(-c3ccccc3)cc2)c2cccc3ccccc23)cc1)c1ccc([N+](=O)[O-])cc1.COc1ccc(N(C)c2ccc(N(c3ccc(-c4ccccc4)cc3)c3cccc4ccccc34)cc2)cc1.COc1cccc(N(C)c2ccc(N(c3ccc(-c4ccccc4)cc3)c3cccc4ccccc34)cc2)c1. The van der Waals surface area contributed by atoms with Crippen molar-refractivity contribution in [2.75, 3.05) is 64.8 Å². The van der Waals surface area contributed by atoms with Crippen LogP contribution in [-0.2, 0) is 0 Å². The number of nitrogens with zero attached hydrogens (tertiary/aromatic N) is 7. The number of nitro benzene ring substituents is 1. The first-order valence-electron chi connectivity index (χ1n) is 39.3. The minimum Gasteiger partial charge on any atom is -0.497 e. The van der Waals surface area contributed by atoms with E-state index in [2.05, 4.69) is 415 Å². The van der Waals surface area contributed by atoms with E-state index in [-0.39, 0.29) is 10.6 Å². The van der Waals surface area contributed by atoms with E-state index in [1.165, 1.54) is 77.8 Å². The van der Waals surface area contributed by atoms with Crippen LogP contribution in [0.4, 0.5) is 91.0 Å². The van der Waals surface area contributed by atoms with E-state index < -0.39 is 0 Å². The molecule has 18 rings (SSSR count). The monoisotopic (exact) mass is 1530 g/mol. The molecule has 0 radical (unpaired) electrons. The Morgan fingerprint density at radius 3 is 0.763 bits per heavy atom. The molecule has 0 heterocycles. The molecule has 0 saturated carbocycles. The van der Waals surface area contributed by atoms with Gasteiger partial charge in [0.2, 0.25) is 0 Å². The van der Waals surface area contributed by atoms with E-state index in [9.17, 15) is 10.1 Å². The first-order chi connectivity index (χ1) is 58.0. The van der Waals surface area contributed by atoms with Crippen LogP contribution in [0.15, 0.2) is 437 Å². The van der Waals surface area contributed by atoms with Crippen molar-refractivity contribution in [2.45, 2.75) is 0 Å². The first-order valence-corrected chi connectivity index (χ1v) is 39.3. The molecule has 0 aromatic heterocycles. The van der Waals surface area contributed by atoms with Gasteiger partial charge in [-0.3, -0.25) is 10.1 Å². The molecule has 0 amide bonds. The van der Waals surface area contributed by atoms with Gasteiger partial charge in [-0.15, -0.1) is 0 Å². The third-order valence-corrected chi connectivity index (χ3v) is 21.6. The molecule has 0 bridgehead atoms. The summed E-state index contributed by atoms with van der Waals surface area (Å²) in [5, 5.41) is 18.3. The molecule has 0 atom stereocenters. The van der Waals surface area contributed by atoms with Crippen molar-refractivity contribution in [2.24, 2.45) is 0 Å². The Kier molecular flexibility index (Phi) is 23.2. The molecule has 11 heteroatoms. The number of hydrogen-bond acceptors (Lipinski definition) is 10. The Hall–Kier alpha value is -15.5. The number of hydrogen-bond donors (Lipinski definition) is 0. The number of nitro groups is 1. The van der Waals surface area contributed by atoms with E-state index in [0.717, 1.165) is 96.8 Å². The van der Waals surface area contributed by atoms with Gasteiger partial charge in [0.25, 0.3) is 5.69 Å². The van der Waals surface area contributed by atoms with Crippen LogP contribution < -0.4 is 38.9 Å². The number of fused-ring (bicyclic) bond motifs is 3. The van der Waals surface area contributed by atoms with E-state index in [1.807, 2.05) is 48.3 Å². The van der Waals surface area contributed by atoms with E-state index in [4.69, 9.17) is 9.47 Å². The molecule has 0 unspecified atom stereocenters. The number of anilines is 15. The van der Waals surface area contributed by atoms with Crippen molar-refractivity contribution in [3.63, 3.8) is 0 Å². The highest BCUT2D eigenvalue weighted by molar-refractivity contribution is 6.02. The molecule has 0 aliphatic carbocycles. The van der Waals surface area contributed by atoms with E-state index in [1.54, 1.807) is 26.4 Å². The molecule has 11 nitrogen and oxygen atoms in total. The van der Waals surface area contributed by atoms with Crippen LogP contribution in [0.25, 0.3) is 65.7 Å². The number of methoxy groups -OCH3 is 2. The molecule has 18 aromatic carbocycles. The van der Waals surface area contributed by atoms with E-state index in [0.29, 0.717) is 0 Å².